The zero-order valence-electron chi connectivity index (χ0n) is 44.2. The summed E-state index contributed by atoms with van der Waals surface area (Å²) in [4.78, 5) is 38.1. The number of carbonyl (C=O) groups is 3. The molecule has 0 amide bonds. The van der Waals surface area contributed by atoms with Gasteiger partial charge in [-0.25, -0.2) is 0 Å². The standard InChI is InChI=1S/C61H106O6/c1-4-7-10-13-16-19-22-25-28-30-31-32-34-36-39-42-45-48-51-54-60(63)66-57-58(56-65-59(62)53-50-47-44-41-38-35-27-24-21-18-15-12-9-6-3)67-61(64)55-52-49-46-43-40-37-33-29-26-23-20-17-14-11-8-5-2/h7,10,16,19,25,28-29,31-33,36,39,58H,4-6,8-9,11-15,17-18,20-24,26-27,30,34-35,37-38,40-57H2,1-3H3/b10-7-,19-16-,28-25-,32-31-,33-29-,39-36-. The van der Waals surface area contributed by atoms with Crippen molar-refractivity contribution in [1.29, 1.82) is 0 Å². The maximum atomic E-state index is 12.8. The molecule has 67 heavy (non-hydrogen) atoms. The van der Waals surface area contributed by atoms with Gasteiger partial charge in [-0.1, -0.05) is 241 Å². The molecular formula is C61H106O6. The van der Waals surface area contributed by atoms with Gasteiger partial charge >= 0.3 is 17.9 Å². The number of ether oxygens (including phenoxy) is 3. The maximum Gasteiger partial charge on any atom is 0.306 e. The van der Waals surface area contributed by atoms with Crippen molar-refractivity contribution in [2.75, 3.05) is 13.2 Å². The van der Waals surface area contributed by atoms with Gasteiger partial charge in [0.1, 0.15) is 13.2 Å². The lowest BCUT2D eigenvalue weighted by molar-refractivity contribution is -0.167. The molecule has 0 aliphatic rings. The summed E-state index contributed by atoms with van der Waals surface area (Å²) in [5.41, 5.74) is 0. The lowest BCUT2D eigenvalue weighted by atomic mass is 10.0. The minimum absolute atomic E-state index is 0.0871. The summed E-state index contributed by atoms with van der Waals surface area (Å²) < 4.78 is 16.8. The molecule has 0 saturated heterocycles. The molecule has 0 aliphatic heterocycles. The van der Waals surface area contributed by atoms with Gasteiger partial charge in [-0.3, -0.25) is 14.4 Å². The summed E-state index contributed by atoms with van der Waals surface area (Å²) in [6, 6.07) is 0. The highest BCUT2D eigenvalue weighted by molar-refractivity contribution is 5.71. The molecule has 0 aromatic heterocycles. The van der Waals surface area contributed by atoms with Crippen LogP contribution in [-0.2, 0) is 28.6 Å². The minimum Gasteiger partial charge on any atom is -0.462 e. The fourth-order valence-corrected chi connectivity index (χ4v) is 7.93. The van der Waals surface area contributed by atoms with E-state index in [2.05, 4.69) is 93.7 Å². The molecule has 0 saturated carbocycles. The summed E-state index contributed by atoms with van der Waals surface area (Å²) >= 11 is 0. The molecular weight excluding hydrogens is 829 g/mol. The summed E-state index contributed by atoms with van der Waals surface area (Å²) in [6.07, 6.45) is 70.3. The van der Waals surface area contributed by atoms with Crippen LogP contribution in [0.1, 0.15) is 278 Å². The highest BCUT2D eigenvalue weighted by Crippen LogP contribution is 2.15. The van der Waals surface area contributed by atoms with Gasteiger partial charge in [0.15, 0.2) is 6.10 Å². The van der Waals surface area contributed by atoms with Gasteiger partial charge in [-0.15, -0.1) is 0 Å². The van der Waals surface area contributed by atoms with Crippen LogP contribution in [0.25, 0.3) is 0 Å². The fraction of sp³-hybridized carbons (Fsp3) is 0.754. The Hall–Kier alpha value is -3.15. The first-order valence-electron chi connectivity index (χ1n) is 28.4. The number of carbonyl (C=O) groups excluding carboxylic acids is 3. The average molecular weight is 936 g/mol. The molecule has 0 spiro atoms. The quantitative estimate of drug-likeness (QED) is 0.0262. The Balaban J connectivity index is 4.44. The number of unbranched alkanes of at least 4 members (excludes halogenated alkanes) is 28. The van der Waals surface area contributed by atoms with E-state index in [1.54, 1.807) is 0 Å². The van der Waals surface area contributed by atoms with Crippen LogP contribution in [0.3, 0.4) is 0 Å². The molecule has 0 fully saturated rings. The van der Waals surface area contributed by atoms with Crippen molar-refractivity contribution >= 4 is 17.9 Å². The zero-order chi connectivity index (χ0) is 48.6. The molecule has 0 aliphatic carbocycles. The van der Waals surface area contributed by atoms with Crippen LogP contribution in [0.4, 0.5) is 0 Å². The number of rotatable bonds is 51. The minimum atomic E-state index is -0.792. The van der Waals surface area contributed by atoms with Gasteiger partial charge in [0.05, 0.1) is 0 Å². The molecule has 6 nitrogen and oxygen atoms in total. The molecule has 0 rings (SSSR count). The van der Waals surface area contributed by atoms with E-state index >= 15 is 0 Å². The number of hydrogen-bond donors (Lipinski definition) is 0. The van der Waals surface area contributed by atoms with E-state index in [4.69, 9.17) is 14.2 Å². The molecule has 0 radical (unpaired) electrons. The second-order valence-corrected chi connectivity index (χ2v) is 18.8. The predicted octanol–water partition coefficient (Wildman–Crippen LogP) is 19.0. The normalized spacial score (nSPS) is 12.6. The Bertz CT molecular complexity index is 1260. The summed E-state index contributed by atoms with van der Waals surface area (Å²) in [5.74, 6) is -0.920. The molecule has 0 N–H and O–H groups in total. The molecule has 0 aromatic carbocycles. The van der Waals surface area contributed by atoms with E-state index < -0.39 is 6.10 Å². The largest absolute Gasteiger partial charge is 0.462 e. The van der Waals surface area contributed by atoms with Crippen molar-refractivity contribution < 1.29 is 28.6 Å². The van der Waals surface area contributed by atoms with Crippen molar-refractivity contribution in [3.05, 3.63) is 72.9 Å². The average Bonchev–Trinajstić information content (AvgIpc) is 3.33. The maximum absolute atomic E-state index is 12.8. The first-order chi connectivity index (χ1) is 33.0. The van der Waals surface area contributed by atoms with Gasteiger partial charge < -0.3 is 14.2 Å². The molecule has 1 unspecified atom stereocenters. The predicted molar refractivity (Wildman–Crippen MR) is 288 cm³/mol. The van der Waals surface area contributed by atoms with E-state index in [9.17, 15) is 14.4 Å². The Kier molecular flexibility index (Phi) is 52.8. The second kappa shape index (κ2) is 55.4. The fourth-order valence-electron chi connectivity index (χ4n) is 7.93. The Morgan fingerprint density at radius 1 is 0.313 bits per heavy atom. The highest BCUT2D eigenvalue weighted by Gasteiger charge is 2.19. The van der Waals surface area contributed by atoms with Crippen LogP contribution < -0.4 is 0 Å². The van der Waals surface area contributed by atoms with E-state index in [1.165, 1.54) is 128 Å². The molecule has 1 atom stereocenters. The van der Waals surface area contributed by atoms with Crippen molar-refractivity contribution in [3.63, 3.8) is 0 Å². The van der Waals surface area contributed by atoms with Crippen LogP contribution in [0, 0.1) is 0 Å². The summed E-state index contributed by atoms with van der Waals surface area (Å²) in [5, 5.41) is 0. The zero-order valence-corrected chi connectivity index (χ0v) is 44.2. The lowest BCUT2D eigenvalue weighted by Crippen LogP contribution is -2.30. The first kappa shape index (κ1) is 63.8. The molecule has 386 valence electrons. The van der Waals surface area contributed by atoms with Crippen molar-refractivity contribution in [1.82, 2.24) is 0 Å². The number of esters is 3. The Labute approximate surface area is 414 Å². The monoisotopic (exact) mass is 935 g/mol. The summed E-state index contributed by atoms with van der Waals surface area (Å²) in [6.45, 7) is 6.51. The second-order valence-electron chi connectivity index (χ2n) is 18.8. The third kappa shape index (κ3) is 53.7. The molecule has 6 heteroatoms. The topological polar surface area (TPSA) is 78.9 Å². The van der Waals surface area contributed by atoms with Gasteiger partial charge in [0.25, 0.3) is 0 Å². The highest BCUT2D eigenvalue weighted by atomic mass is 16.6. The third-order valence-electron chi connectivity index (χ3n) is 12.2. The van der Waals surface area contributed by atoms with Gasteiger partial charge in [0.2, 0.25) is 0 Å². The van der Waals surface area contributed by atoms with Crippen LogP contribution in [-0.4, -0.2) is 37.2 Å². The van der Waals surface area contributed by atoms with Crippen LogP contribution in [0.2, 0.25) is 0 Å². The lowest BCUT2D eigenvalue weighted by Gasteiger charge is -2.18. The van der Waals surface area contributed by atoms with Gasteiger partial charge in [-0.2, -0.15) is 0 Å². The first-order valence-corrected chi connectivity index (χ1v) is 28.4. The van der Waals surface area contributed by atoms with E-state index in [0.717, 1.165) is 109 Å². The van der Waals surface area contributed by atoms with Gasteiger partial charge in [-0.05, 0) is 89.9 Å². The van der Waals surface area contributed by atoms with Crippen LogP contribution >= 0.6 is 0 Å². The smallest absolute Gasteiger partial charge is 0.306 e. The number of hydrogen-bond acceptors (Lipinski definition) is 6. The molecule has 0 aromatic rings. The van der Waals surface area contributed by atoms with E-state index in [0.29, 0.717) is 19.3 Å². The van der Waals surface area contributed by atoms with E-state index in [-0.39, 0.29) is 31.1 Å². The summed E-state index contributed by atoms with van der Waals surface area (Å²) in [7, 11) is 0. The molecule has 0 bridgehead atoms. The SMILES string of the molecule is CC/C=C\C/C=C\C/C=C\C/C=C\C/C=C\CCCCCC(=O)OCC(COC(=O)CCCCCCCCCCCCCCCC)OC(=O)CCCCCCC/C=C\CCCCCCCCC. The van der Waals surface area contributed by atoms with Crippen molar-refractivity contribution in [2.24, 2.45) is 0 Å². The van der Waals surface area contributed by atoms with Crippen molar-refractivity contribution in [3.8, 4) is 0 Å². The Morgan fingerprint density at radius 3 is 0.940 bits per heavy atom. The van der Waals surface area contributed by atoms with Crippen molar-refractivity contribution in [2.45, 2.75) is 284 Å². The Morgan fingerprint density at radius 2 is 0.582 bits per heavy atom. The van der Waals surface area contributed by atoms with E-state index in [1.807, 2.05) is 0 Å². The van der Waals surface area contributed by atoms with Gasteiger partial charge in [0, 0.05) is 19.3 Å². The third-order valence-corrected chi connectivity index (χ3v) is 12.2. The molecule has 0 heterocycles. The van der Waals surface area contributed by atoms with Crippen LogP contribution in [0.5, 0.6) is 0 Å². The number of allylic oxidation sites excluding steroid dienone is 12. The van der Waals surface area contributed by atoms with Crippen LogP contribution in [0.15, 0.2) is 72.9 Å².